The molecule has 0 spiro atoms. The molecule has 36 heavy (non-hydrogen) atoms. The first-order valence-electron chi connectivity index (χ1n) is 11.8. The number of hydrogen-bond acceptors (Lipinski definition) is 7. The molecule has 3 N–H and O–H groups in total. The van der Waals surface area contributed by atoms with Crippen LogP contribution in [0.4, 0.5) is 4.79 Å². The molecule has 0 aliphatic heterocycles. The van der Waals surface area contributed by atoms with E-state index in [1.165, 1.54) is 0 Å². The summed E-state index contributed by atoms with van der Waals surface area (Å²) in [5.41, 5.74) is 7.94. The fourth-order valence-corrected chi connectivity index (χ4v) is 3.49. The van der Waals surface area contributed by atoms with Gasteiger partial charge in [0.2, 0.25) is 0 Å². The van der Waals surface area contributed by atoms with Crippen LogP contribution in [0.1, 0.15) is 69.9 Å². The first-order valence-corrected chi connectivity index (χ1v) is 11.8. The number of Topliss-reactive ketones (excluding diaryl/α,β-unsaturated/α-hetero) is 1. The largest absolute Gasteiger partial charge is 0.456 e. The Balaban J connectivity index is 1.77. The van der Waals surface area contributed by atoms with Crippen molar-refractivity contribution in [1.29, 1.82) is 0 Å². The number of nitrogens with two attached hydrogens (primary N) is 1. The number of alkyl carbamates (subject to hydrolysis) is 1. The van der Waals surface area contributed by atoms with Gasteiger partial charge in [-0.05, 0) is 59.7 Å². The number of fused-ring (bicyclic) bond motifs is 1. The van der Waals surface area contributed by atoms with Crippen LogP contribution in [0.5, 0.6) is 0 Å². The van der Waals surface area contributed by atoms with Crippen LogP contribution in [-0.2, 0) is 14.3 Å². The molecular weight excluding hydrogens is 460 g/mol. The van der Waals surface area contributed by atoms with Crippen molar-refractivity contribution in [3.8, 4) is 11.3 Å². The molecule has 9 heteroatoms. The van der Waals surface area contributed by atoms with E-state index < -0.39 is 29.3 Å². The number of carbonyl (C=O) groups excluding carboxylic acids is 3. The van der Waals surface area contributed by atoms with Crippen LogP contribution in [0.25, 0.3) is 16.9 Å². The highest BCUT2D eigenvalue weighted by atomic mass is 16.6. The number of pyridine rings is 1. The molecule has 1 atom stereocenters. The average molecular weight is 495 g/mol. The van der Waals surface area contributed by atoms with Gasteiger partial charge in [-0.1, -0.05) is 18.2 Å². The lowest BCUT2D eigenvalue weighted by Gasteiger charge is -2.19. The van der Waals surface area contributed by atoms with E-state index >= 15 is 0 Å². The number of ketones is 1. The summed E-state index contributed by atoms with van der Waals surface area (Å²) in [7, 11) is 0. The van der Waals surface area contributed by atoms with Gasteiger partial charge in [0.1, 0.15) is 16.8 Å². The maximum atomic E-state index is 12.8. The lowest BCUT2D eigenvalue weighted by atomic mass is 10.0. The molecule has 0 bridgehead atoms. The van der Waals surface area contributed by atoms with Crippen LogP contribution in [0.2, 0.25) is 0 Å². The molecule has 0 aliphatic rings. The van der Waals surface area contributed by atoms with Crippen LogP contribution in [0.3, 0.4) is 0 Å². The van der Waals surface area contributed by atoms with Gasteiger partial charge in [0.25, 0.3) is 0 Å². The minimum absolute atomic E-state index is 0.0486. The summed E-state index contributed by atoms with van der Waals surface area (Å²) in [5, 5.41) is 2.57. The number of nitrogens with one attached hydrogen (secondary N) is 1. The molecule has 0 aliphatic carbocycles. The highest BCUT2D eigenvalue weighted by molar-refractivity contribution is 5.91. The molecule has 2 heterocycles. The number of imidazole rings is 1. The van der Waals surface area contributed by atoms with Gasteiger partial charge in [-0.3, -0.25) is 4.79 Å². The Kier molecular flexibility index (Phi) is 7.83. The third-order valence-corrected chi connectivity index (χ3v) is 5.03. The van der Waals surface area contributed by atoms with Crippen molar-refractivity contribution >= 4 is 23.5 Å². The number of rotatable bonds is 7. The quantitative estimate of drug-likeness (QED) is 0.465. The third-order valence-electron chi connectivity index (χ3n) is 5.03. The predicted octanol–water partition coefficient (Wildman–Crippen LogP) is 4.44. The topological polar surface area (TPSA) is 125 Å². The molecule has 3 aromatic rings. The summed E-state index contributed by atoms with van der Waals surface area (Å²) >= 11 is 0. The molecule has 0 fully saturated rings. The van der Waals surface area contributed by atoms with E-state index in [1.807, 2.05) is 39.2 Å². The highest BCUT2D eigenvalue weighted by Crippen LogP contribution is 2.25. The number of nitrogens with zero attached hydrogens (tertiary/aromatic N) is 2. The van der Waals surface area contributed by atoms with Crippen molar-refractivity contribution in [3.63, 3.8) is 0 Å². The van der Waals surface area contributed by atoms with Gasteiger partial charge >= 0.3 is 12.1 Å². The van der Waals surface area contributed by atoms with Crippen LogP contribution in [0, 0.1) is 0 Å². The van der Waals surface area contributed by atoms with Gasteiger partial charge in [-0.25, -0.2) is 14.6 Å². The number of hydrogen-bond donors (Lipinski definition) is 2. The minimum Gasteiger partial charge on any atom is -0.456 e. The normalized spacial score (nSPS) is 12.8. The third kappa shape index (κ3) is 7.14. The summed E-state index contributed by atoms with van der Waals surface area (Å²) < 4.78 is 12.4. The van der Waals surface area contributed by atoms with Gasteiger partial charge < -0.3 is 24.9 Å². The molecule has 1 aromatic carbocycles. The van der Waals surface area contributed by atoms with Crippen molar-refractivity contribution in [1.82, 2.24) is 14.7 Å². The fourth-order valence-electron chi connectivity index (χ4n) is 3.49. The zero-order chi connectivity index (χ0) is 26.7. The molecule has 2 aromatic heterocycles. The molecule has 9 nitrogen and oxygen atoms in total. The predicted molar refractivity (Wildman–Crippen MR) is 137 cm³/mol. The average Bonchev–Trinajstić information content (AvgIpc) is 3.21. The lowest BCUT2D eigenvalue weighted by molar-refractivity contribution is -0.120. The molecular formula is C27H34N4O5. The smallest absolute Gasteiger partial charge is 0.407 e. The van der Waals surface area contributed by atoms with Crippen molar-refractivity contribution in [2.24, 2.45) is 5.73 Å². The number of benzene rings is 1. The number of carbonyl (C=O) groups is 3. The Morgan fingerprint density at radius 3 is 2.39 bits per heavy atom. The maximum Gasteiger partial charge on any atom is 0.407 e. The second-order valence-electron chi connectivity index (χ2n) is 10.5. The molecule has 0 saturated carbocycles. The van der Waals surface area contributed by atoms with Crippen molar-refractivity contribution in [2.75, 3.05) is 6.54 Å². The Morgan fingerprint density at radius 2 is 1.72 bits per heavy atom. The number of ether oxygens (including phenoxy) is 2. The Morgan fingerprint density at radius 1 is 1.03 bits per heavy atom. The standard InChI is InChI=1S/C27H34N4O5/c1-26(2,3)35-24(33)18-10-7-9-17(15-18)20-16-31-14-8-11-19(23(31)30-20)22(28)21(32)12-13-29-25(34)36-27(4,5)6/h7-11,14-16,22H,12-13,28H2,1-6H3,(H,29,34). The first kappa shape index (κ1) is 26.9. The summed E-state index contributed by atoms with van der Waals surface area (Å²) in [6.07, 6.45) is 3.09. The Hall–Kier alpha value is -3.72. The van der Waals surface area contributed by atoms with E-state index in [0.29, 0.717) is 22.5 Å². The summed E-state index contributed by atoms with van der Waals surface area (Å²) in [5.74, 6) is -0.656. The summed E-state index contributed by atoms with van der Waals surface area (Å²) in [6, 6.07) is 9.67. The number of amides is 1. The van der Waals surface area contributed by atoms with Crippen molar-refractivity contribution < 1.29 is 23.9 Å². The van der Waals surface area contributed by atoms with Gasteiger partial charge in [-0.15, -0.1) is 0 Å². The first-order chi connectivity index (χ1) is 16.7. The van der Waals surface area contributed by atoms with Gasteiger partial charge in [0.05, 0.1) is 17.3 Å². The monoisotopic (exact) mass is 494 g/mol. The number of esters is 1. The molecule has 1 amide bonds. The Bertz CT molecular complexity index is 1270. The molecule has 0 saturated heterocycles. The van der Waals surface area contributed by atoms with Crippen LogP contribution < -0.4 is 11.1 Å². The van der Waals surface area contributed by atoms with E-state index in [0.717, 1.165) is 5.56 Å². The fraction of sp³-hybridized carbons (Fsp3) is 0.407. The van der Waals surface area contributed by atoms with Crippen LogP contribution in [0.15, 0.2) is 48.8 Å². The van der Waals surface area contributed by atoms with E-state index in [2.05, 4.69) is 5.32 Å². The Labute approximate surface area is 211 Å². The maximum absolute atomic E-state index is 12.8. The zero-order valence-electron chi connectivity index (χ0n) is 21.6. The SMILES string of the molecule is CC(C)(C)OC(=O)NCCC(=O)C(N)c1cccn2cc(-c3cccc(C(=O)OC(C)(C)C)c3)nc12. The molecule has 1 unspecified atom stereocenters. The van der Waals surface area contributed by atoms with Gasteiger partial charge in [0, 0.05) is 36.5 Å². The number of aromatic nitrogens is 2. The molecule has 192 valence electrons. The van der Waals surface area contributed by atoms with E-state index in [1.54, 1.807) is 55.5 Å². The second kappa shape index (κ2) is 10.5. The summed E-state index contributed by atoms with van der Waals surface area (Å²) in [4.78, 5) is 41.8. The molecule has 3 rings (SSSR count). The van der Waals surface area contributed by atoms with Crippen LogP contribution in [-0.4, -0.2) is 45.0 Å². The minimum atomic E-state index is -0.919. The second-order valence-corrected chi connectivity index (χ2v) is 10.5. The van der Waals surface area contributed by atoms with Crippen molar-refractivity contribution in [3.05, 3.63) is 59.9 Å². The molecule has 0 radical (unpaired) electrons. The van der Waals surface area contributed by atoms with Gasteiger partial charge in [-0.2, -0.15) is 0 Å². The van der Waals surface area contributed by atoms with Gasteiger partial charge in [0.15, 0.2) is 5.78 Å². The van der Waals surface area contributed by atoms with Crippen LogP contribution >= 0.6 is 0 Å². The van der Waals surface area contributed by atoms with E-state index in [-0.39, 0.29) is 18.7 Å². The van der Waals surface area contributed by atoms with E-state index in [9.17, 15) is 14.4 Å². The zero-order valence-corrected chi connectivity index (χ0v) is 21.6. The van der Waals surface area contributed by atoms with Crippen molar-refractivity contribution in [2.45, 2.75) is 65.2 Å². The van der Waals surface area contributed by atoms with E-state index in [4.69, 9.17) is 20.2 Å². The highest BCUT2D eigenvalue weighted by Gasteiger charge is 2.22. The summed E-state index contributed by atoms with van der Waals surface area (Å²) in [6.45, 7) is 10.9. The lowest BCUT2D eigenvalue weighted by Crippen LogP contribution is -2.34.